The van der Waals surface area contributed by atoms with E-state index in [2.05, 4.69) is 319 Å². The summed E-state index contributed by atoms with van der Waals surface area (Å²) in [4.78, 5) is 46.8. The molecule has 14 heterocycles. The Morgan fingerprint density at radius 1 is 0.295 bits per heavy atom. The first-order valence-electron chi connectivity index (χ1n) is 42.9. The summed E-state index contributed by atoms with van der Waals surface area (Å²) in [6.07, 6.45) is 22.4. The quantitative estimate of drug-likeness (QED) is 0.131. The summed E-state index contributed by atoms with van der Waals surface area (Å²) < 4.78 is 24.1. The molecule has 0 fully saturated rings. The molecule has 0 bridgehead atoms. The molecular weight excluding hydrogens is 1670 g/mol. The SMILES string of the molecule is C.C.C.C.C.C.C.C.C.C.CC(C)c1ccc2ccoc2c1.CC(C)c1ccc2ncccc2c1.CC(C)c1ccc2nccnc2c1.CC(C)c1ccc2ncsc2c1.CC(C)c1ccc2scnc2c1.CC(C)c1cccnc1.CC(C)c1cnc2c(c1)CCCO2.CC(C)c1cnc2c(c1)OCCN2.CC(C)c1cnc2c(c1)OCN2.CC(C)c1cnc2cccnc2c1. The van der Waals surface area contributed by atoms with Gasteiger partial charge in [0.15, 0.2) is 29.9 Å². The van der Waals surface area contributed by atoms with Crippen LogP contribution in [-0.4, -0.2) is 81.3 Å². The highest BCUT2D eigenvalue weighted by atomic mass is 32.1. The number of nitrogens with one attached hydrogen (secondary N) is 2. The third kappa shape index (κ3) is 36.1. The first-order valence-corrected chi connectivity index (χ1v) is 44.7. The Hall–Kier alpha value is -11.7. The van der Waals surface area contributed by atoms with E-state index < -0.39 is 0 Å². The van der Waals surface area contributed by atoms with Gasteiger partial charge in [0.2, 0.25) is 5.88 Å². The van der Waals surface area contributed by atoms with Gasteiger partial charge in [0, 0.05) is 78.3 Å². The van der Waals surface area contributed by atoms with Gasteiger partial charge in [-0.15, -0.1) is 22.7 Å². The largest absolute Gasteiger partial charge is 0.488 e. The van der Waals surface area contributed by atoms with Gasteiger partial charge in [0.1, 0.15) is 12.2 Å². The molecule has 17 nitrogen and oxygen atoms in total. The van der Waals surface area contributed by atoms with Gasteiger partial charge in [-0.3, -0.25) is 29.9 Å². The lowest BCUT2D eigenvalue weighted by molar-refractivity contribution is 0.276. The van der Waals surface area contributed by atoms with Crippen molar-refractivity contribution in [2.45, 2.75) is 285 Å². The molecule has 19 heteroatoms. The number of ether oxygens (including phenoxy) is 3. The third-order valence-electron chi connectivity index (χ3n) is 20.8. The Balaban J connectivity index is 0.00000143. The lowest BCUT2D eigenvalue weighted by Gasteiger charge is -2.19. The zero-order valence-electron chi connectivity index (χ0n) is 74.9. The zero-order valence-corrected chi connectivity index (χ0v) is 76.5. The van der Waals surface area contributed by atoms with Gasteiger partial charge < -0.3 is 29.3 Å². The highest BCUT2D eigenvalue weighted by molar-refractivity contribution is 7.17. The van der Waals surface area contributed by atoms with Crippen LogP contribution in [0.2, 0.25) is 0 Å². The minimum Gasteiger partial charge on any atom is -0.488 e. The van der Waals surface area contributed by atoms with Gasteiger partial charge in [-0.25, -0.2) is 24.9 Å². The van der Waals surface area contributed by atoms with E-state index in [0.29, 0.717) is 65.9 Å². The number of aromatic nitrogens is 11. The molecule has 0 spiro atoms. The molecule has 19 rings (SSSR count). The molecular formula is C113H163N13O4S2. The second-order valence-electron chi connectivity index (χ2n) is 33.4. The summed E-state index contributed by atoms with van der Waals surface area (Å²) in [5.74, 6) is 9.92. The molecule has 5 aromatic carbocycles. The fourth-order valence-corrected chi connectivity index (χ4v) is 14.1. The fraction of sp³-hybridized carbons (Fsp3) is 0.407. The molecule has 16 aromatic rings. The maximum absolute atomic E-state index is 5.49. The van der Waals surface area contributed by atoms with Crippen molar-refractivity contribution in [2.24, 2.45) is 0 Å². The van der Waals surface area contributed by atoms with Crippen molar-refractivity contribution in [3.63, 3.8) is 0 Å². The number of anilines is 2. The average Bonchev–Trinajstić information content (AvgIpc) is 1.63. The lowest BCUT2D eigenvalue weighted by atomic mass is 10.0. The number of fused-ring (bicyclic) bond motifs is 9. The first-order chi connectivity index (χ1) is 58.7. The molecule has 11 aromatic heterocycles. The summed E-state index contributed by atoms with van der Waals surface area (Å²) >= 11 is 3.40. The number of rotatable bonds is 10. The van der Waals surface area contributed by atoms with Crippen molar-refractivity contribution < 1.29 is 18.6 Å². The molecule has 0 atom stereocenters. The number of hydrogen-bond acceptors (Lipinski definition) is 19. The average molecular weight is 1830 g/mol. The predicted molar refractivity (Wildman–Crippen MR) is 578 cm³/mol. The predicted octanol–water partition coefficient (Wildman–Crippen LogP) is 34.3. The van der Waals surface area contributed by atoms with Crippen LogP contribution in [0.3, 0.4) is 0 Å². The summed E-state index contributed by atoms with van der Waals surface area (Å²) in [6, 6.07) is 54.5. The zero-order chi connectivity index (χ0) is 87.2. The van der Waals surface area contributed by atoms with Crippen molar-refractivity contribution in [1.29, 1.82) is 0 Å². The highest BCUT2D eigenvalue weighted by Gasteiger charge is 2.17. The van der Waals surface area contributed by atoms with Crippen LogP contribution in [0.1, 0.15) is 340 Å². The summed E-state index contributed by atoms with van der Waals surface area (Å²) in [5.41, 5.74) is 26.4. The Morgan fingerprint density at radius 3 is 1.33 bits per heavy atom. The summed E-state index contributed by atoms with van der Waals surface area (Å²) in [7, 11) is 0. The normalized spacial score (nSPS) is 11.2. The highest BCUT2D eigenvalue weighted by Crippen LogP contribution is 2.33. The van der Waals surface area contributed by atoms with E-state index >= 15 is 0 Å². The number of pyridine rings is 7. The van der Waals surface area contributed by atoms with Crippen LogP contribution < -0.4 is 24.8 Å². The van der Waals surface area contributed by atoms with Crippen molar-refractivity contribution >= 4 is 98.7 Å². The van der Waals surface area contributed by atoms with Crippen LogP contribution >= 0.6 is 22.7 Å². The van der Waals surface area contributed by atoms with Crippen LogP contribution in [0.4, 0.5) is 11.6 Å². The van der Waals surface area contributed by atoms with Crippen LogP contribution in [0.15, 0.2) is 241 Å². The number of nitrogens with zero attached hydrogens (tertiary/aromatic N) is 11. The molecule has 0 radical (unpaired) electrons. The number of thiazole rings is 2. The first kappa shape index (κ1) is 120. The monoisotopic (exact) mass is 1830 g/mol. The van der Waals surface area contributed by atoms with E-state index in [0.717, 1.165) is 106 Å². The minimum atomic E-state index is 0. The number of benzene rings is 5. The van der Waals surface area contributed by atoms with E-state index in [-0.39, 0.29) is 74.3 Å². The molecule has 0 amide bonds. The maximum Gasteiger partial charge on any atom is 0.216 e. The van der Waals surface area contributed by atoms with Crippen LogP contribution in [0.5, 0.6) is 17.4 Å². The van der Waals surface area contributed by atoms with Gasteiger partial charge in [-0.2, -0.15) is 0 Å². The Kier molecular flexibility index (Phi) is 55.1. The van der Waals surface area contributed by atoms with Crippen LogP contribution in [0.25, 0.3) is 64.4 Å². The molecule has 2 N–H and O–H groups in total. The fourth-order valence-electron chi connectivity index (χ4n) is 12.7. The molecule has 716 valence electrons. The number of hydrogen-bond donors (Lipinski definition) is 2. The lowest BCUT2D eigenvalue weighted by Crippen LogP contribution is -2.19. The molecule has 132 heavy (non-hydrogen) atoms. The second kappa shape index (κ2) is 60.4. The summed E-state index contributed by atoms with van der Waals surface area (Å²) in [6.45, 7) is 46.5. The standard InChI is InChI=1S/C12H13N.2C11H12N2.C11H15NO.C11H12O.C10H14N2O.2C10H11NS.C9H12N2O.C8H11N.10CH4/c1-9(2)10-5-6-12-11(8-10)4-3-7-13-12;1-8(2)9-3-4-10-11(7-9)13-6-5-12-10;1-8(2)9-6-11-10(13-7-9)4-3-5-12-11;1-8(2)10-6-9-4-3-5-13-11(9)12-7-10;1-8(2)10-4-3-9-5-6-12-11(9)7-10;1-7(2)8-5-9-10(12-6-8)11-3-4-13-9;1-7(2)8-3-4-10-9(5-8)11-6-12-10;1-7(2)8-3-4-9-10(5-8)12-6-11-9;1-6(2)7-3-8-9(10-4-7)11-5-12-8;1-7(2)8-4-3-5-9-6-8;;;;;;;;;;/h3-9H,1-2H3;2*3-8H,1-2H3;6-8H,3-5H2,1-2H3;3-8H,1-2H3;5-7H,3-4H2,1-2H3,(H,11,12);2*3-7H,1-2H3;3-4,6H,5H2,1-2H3,(H,10,11);3-7H,1-2H3;10*1H4. The smallest absolute Gasteiger partial charge is 0.216 e. The van der Waals surface area contributed by atoms with Gasteiger partial charge in [0.05, 0.1) is 78.5 Å². The van der Waals surface area contributed by atoms with Gasteiger partial charge in [-0.1, -0.05) is 261 Å². The number of furan rings is 1. The molecule has 0 saturated carbocycles. The molecule has 0 aliphatic carbocycles. The van der Waals surface area contributed by atoms with Crippen LogP contribution in [0, 0.1) is 0 Å². The van der Waals surface area contributed by atoms with Crippen LogP contribution in [-0.2, 0) is 6.42 Å². The Bertz CT molecular complexity index is 5430. The van der Waals surface area contributed by atoms with E-state index in [1.165, 1.54) is 81.4 Å². The third-order valence-corrected chi connectivity index (χ3v) is 22.4. The Labute approximate surface area is 804 Å². The molecule has 0 unspecified atom stereocenters. The Morgan fingerprint density at radius 2 is 0.742 bits per heavy atom. The molecule has 0 saturated heterocycles. The van der Waals surface area contributed by atoms with E-state index in [4.69, 9.17) is 18.6 Å². The summed E-state index contributed by atoms with van der Waals surface area (Å²) in [5, 5.41) is 8.64. The minimum absolute atomic E-state index is 0. The van der Waals surface area contributed by atoms with E-state index in [1.807, 2.05) is 90.7 Å². The number of aryl methyl sites for hydroxylation is 1. The molecule has 3 aliphatic heterocycles. The van der Waals surface area contributed by atoms with Crippen molar-refractivity contribution in [1.82, 2.24) is 54.8 Å². The molecule has 3 aliphatic rings. The van der Waals surface area contributed by atoms with Crippen molar-refractivity contribution in [3.8, 4) is 17.4 Å². The van der Waals surface area contributed by atoms with E-state index in [1.54, 1.807) is 53.7 Å². The van der Waals surface area contributed by atoms with Gasteiger partial charge in [-0.05, 0) is 237 Å². The topological polar surface area (TPSA) is 207 Å². The van der Waals surface area contributed by atoms with Gasteiger partial charge in [0.25, 0.3) is 0 Å². The van der Waals surface area contributed by atoms with Gasteiger partial charge >= 0.3 is 0 Å². The van der Waals surface area contributed by atoms with Crippen molar-refractivity contribution in [2.75, 3.05) is 37.1 Å². The van der Waals surface area contributed by atoms with Crippen molar-refractivity contribution in [3.05, 3.63) is 298 Å². The maximum atomic E-state index is 5.49. The van der Waals surface area contributed by atoms with E-state index in [9.17, 15) is 0 Å². The second-order valence-corrected chi connectivity index (χ2v) is 35.2.